The smallest absolute Gasteiger partial charge is 0.224 e. The van der Waals surface area contributed by atoms with Crippen LogP contribution in [-0.2, 0) is 4.79 Å². The van der Waals surface area contributed by atoms with Crippen LogP contribution in [-0.4, -0.2) is 10.9 Å². The number of carbonyl (C=O) groups is 1. The van der Waals surface area contributed by atoms with Gasteiger partial charge in [-0.15, -0.1) is 0 Å². The van der Waals surface area contributed by atoms with Gasteiger partial charge in [-0.05, 0) is 37.0 Å². The minimum atomic E-state index is 0.0108. The van der Waals surface area contributed by atoms with Crippen molar-refractivity contribution in [1.29, 1.82) is 0 Å². The van der Waals surface area contributed by atoms with Gasteiger partial charge in [0.2, 0.25) is 5.91 Å². The Labute approximate surface area is 129 Å². The second kappa shape index (κ2) is 7.04. The molecule has 1 fully saturated rings. The Morgan fingerprint density at radius 1 is 1.35 bits per heavy atom. The second-order valence-corrected chi connectivity index (χ2v) is 6.19. The van der Waals surface area contributed by atoms with E-state index in [1.165, 1.54) is 19.3 Å². The van der Waals surface area contributed by atoms with E-state index >= 15 is 0 Å². The molecule has 3 nitrogen and oxygen atoms in total. The lowest BCUT2D eigenvalue weighted by atomic mass is 9.87. The number of anilines is 1. The summed E-state index contributed by atoms with van der Waals surface area (Å²) in [6.45, 7) is 0. The highest BCUT2D eigenvalue weighted by molar-refractivity contribution is 7.80. The average Bonchev–Trinajstić information content (AvgIpc) is 2.39. The zero-order valence-electron chi connectivity index (χ0n) is 11.3. The fourth-order valence-electron chi connectivity index (χ4n) is 2.69. The topological polar surface area (TPSA) is 55.1 Å². The Bertz CT molecular complexity index is 513. The molecule has 0 heterocycles. The predicted octanol–water partition coefficient (Wildman–Crippen LogP) is 3.88. The standard InChI is InChI=1S/C15H19ClN2OS/c16-11-6-7-12(15(17)20)13(9-11)18-14(19)8-10-4-2-1-3-5-10/h6-7,9-10H,1-5,8H2,(H2,17,20)(H,18,19). The van der Waals surface area contributed by atoms with Crippen molar-refractivity contribution in [2.45, 2.75) is 38.5 Å². The maximum Gasteiger partial charge on any atom is 0.224 e. The van der Waals surface area contributed by atoms with Crippen LogP contribution in [0.4, 0.5) is 5.69 Å². The lowest BCUT2D eigenvalue weighted by molar-refractivity contribution is -0.117. The van der Waals surface area contributed by atoms with Crippen molar-refractivity contribution >= 4 is 40.4 Å². The van der Waals surface area contributed by atoms with Gasteiger partial charge in [-0.3, -0.25) is 4.79 Å². The number of carbonyl (C=O) groups excluding carboxylic acids is 1. The molecule has 1 aromatic rings. The number of halogens is 1. The summed E-state index contributed by atoms with van der Waals surface area (Å²) in [4.78, 5) is 12.4. The monoisotopic (exact) mass is 310 g/mol. The zero-order valence-corrected chi connectivity index (χ0v) is 12.9. The first-order valence-corrected chi connectivity index (χ1v) is 7.74. The van der Waals surface area contributed by atoms with Gasteiger partial charge >= 0.3 is 0 Å². The van der Waals surface area contributed by atoms with Gasteiger partial charge in [0.25, 0.3) is 0 Å². The molecule has 1 saturated carbocycles. The van der Waals surface area contributed by atoms with Crippen LogP contribution in [0.2, 0.25) is 5.02 Å². The number of hydrogen-bond acceptors (Lipinski definition) is 2. The summed E-state index contributed by atoms with van der Waals surface area (Å²) in [5, 5.41) is 3.44. The molecule has 5 heteroatoms. The minimum absolute atomic E-state index is 0.0108. The highest BCUT2D eigenvalue weighted by atomic mass is 35.5. The summed E-state index contributed by atoms with van der Waals surface area (Å²) in [5.41, 5.74) is 6.92. The van der Waals surface area contributed by atoms with Crippen LogP contribution < -0.4 is 11.1 Å². The zero-order chi connectivity index (χ0) is 14.5. The van der Waals surface area contributed by atoms with Crippen LogP contribution >= 0.6 is 23.8 Å². The van der Waals surface area contributed by atoms with Gasteiger partial charge in [-0.1, -0.05) is 43.1 Å². The van der Waals surface area contributed by atoms with E-state index in [1.54, 1.807) is 18.2 Å². The van der Waals surface area contributed by atoms with E-state index in [-0.39, 0.29) is 10.9 Å². The molecule has 1 aliphatic rings. The molecule has 3 N–H and O–H groups in total. The van der Waals surface area contributed by atoms with Crippen molar-refractivity contribution < 1.29 is 4.79 Å². The van der Waals surface area contributed by atoms with Crippen LogP contribution in [0.15, 0.2) is 18.2 Å². The molecule has 108 valence electrons. The Kier molecular flexibility index (Phi) is 5.38. The third kappa shape index (κ3) is 4.18. The third-order valence-electron chi connectivity index (χ3n) is 3.72. The summed E-state index contributed by atoms with van der Waals surface area (Å²) < 4.78 is 0. The van der Waals surface area contributed by atoms with Crippen molar-refractivity contribution in [3.05, 3.63) is 28.8 Å². The molecule has 0 unspecified atom stereocenters. The van der Waals surface area contributed by atoms with Crippen molar-refractivity contribution in [2.24, 2.45) is 11.7 Å². The van der Waals surface area contributed by atoms with E-state index in [2.05, 4.69) is 5.32 Å². The van der Waals surface area contributed by atoms with E-state index in [0.29, 0.717) is 28.6 Å². The maximum atomic E-state index is 12.1. The first kappa shape index (κ1) is 15.3. The van der Waals surface area contributed by atoms with E-state index in [0.717, 1.165) is 12.8 Å². The molecule has 0 spiro atoms. The average molecular weight is 311 g/mol. The Morgan fingerprint density at radius 3 is 2.70 bits per heavy atom. The lowest BCUT2D eigenvalue weighted by Crippen LogP contribution is -2.20. The second-order valence-electron chi connectivity index (χ2n) is 5.31. The highest BCUT2D eigenvalue weighted by Gasteiger charge is 2.18. The van der Waals surface area contributed by atoms with Gasteiger partial charge in [0.05, 0.1) is 5.69 Å². The Morgan fingerprint density at radius 2 is 2.05 bits per heavy atom. The van der Waals surface area contributed by atoms with E-state index in [4.69, 9.17) is 29.6 Å². The number of hydrogen-bond donors (Lipinski definition) is 2. The maximum absolute atomic E-state index is 12.1. The number of nitrogens with two attached hydrogens (primary N) is 1. The largest absolute Gasteiger partial charge is 0.389 e. The first-order chi connectivity index (χ1) is 9.56. The molecule has 0 saturated heterocycles. The summed E-state index contributed by atoms with van der Waals surface area (Å²) >= 11 is 11.0. The Hall–Kier alpha value is -1.13. The molecule has 0 atom stereocenters. The Balaban J connectivity index is 2.03. The predicted molar refractivity (Wildman–Crippen MR) is 87.2 cm³/mol. The minimum Gasteiger partial charge on any atom is -0.389 e. The number of benzene rings is 1. The van der Waals surface area contributed by atoms with Gasteiger partial charge in [0.15, 0.2) is 0 Å². The van der Waals surface area contributed by atoms with Crippen molar-refractivity contribution in [2.75, 3.05) is 5.32 Å². The van der Waals surface area contributed by atoms with Gasteiger partial charge in [0.1, 0.15) is 4.99 Å². The summed E-state index contributed by atoms with van der Waals surface area (Å²) in [5.74, 6) is 0.507. The molecule has 1 amide bonds. The van der Waals surface area contributed by atoms with E-state index in [1.807, 2.05) is 0 Å². The van der Waals surface area contributed by atoms with Gasteiger partial charge < -0.3 is 11.1 Å². The quantitative estimate of drug-likeness (QED) is 0.830. The normalized spacial score (nSPS) is 15.8. The molecule has 0 aliphatic heterocycles. The first-order valence-electron chi connectivity index (χ1n) is 6.95. The molecule has 0 aromatic heterocycles. The van der Waals surface area contributed by atoms with Crippen LogP contribution in [0.3, 0.4) is 0 Å². The number of amides is 1. The number of rotatable bonds is 4. The molecule has 20 heavy (non-hydrogen) atoms. The summed E-state index contributed by atoms with van der Waals surface area (Å²) in [7, 11) is 0. The summed E-state index contributed by atoms with van der Waals surface area (Å²) in [6.07, 6.45) is 6.60. The summed E-state index contributed by atoms with van der Waals surface area (Å²) in [6, 6.07) is 5.14. The highest BCUT2D eigenvalue weighted by Crippen LogP contribution is 2.27. The third-order valence-corrected chi connectivity index (χ3v) is 4.17. The van der Waals surface area contributed by atoms with Crippen LogP contribution in [0.1, 0.15) is 44.1 Å². The van der Waals surface area contributed by atoms with Gasteiger partial charge in [0, 0.05) is 17.0 Å². The van der Waals surface area contributed by atoms with E-state index < -0.39 is 0 Å². The van der Waals surface area contributed by atoms with Crippen molar-refractivity contribution in [3.63, 3.8) is 0 Å². The van der Waals surface area contributed by atoms with Crippen molar-refractivity contribution in [1.82, 2.24) is 0 Å². The molecular formula is C15H19ClN2OS. The molecule has 2 rings (SSSR count). The van der Waals surface area contributed by atoms with Gasteiger partial charge in [-0.2, -0.15) is 0 Å². The SMILES string of the molecule is NC(=S)c1ccc(Cl)cc1NC(=O)CC1CCCCC1. The van der Waals surface area contributed by atoms with Crippen LogP contribution in [0, 0.1) is 5.92 Å². The molecular weight excluding hydrogens is 292 g/mol. The van der Waals surface area contributed by atoms with Crippen LogP contribution in [0.5, 0.6) is 0 Å². The van der Waals surface area contributed by atoms with E-state index in [9.17, 15) is 4.79 Å². The fourth-order valence-corrected chi connectivity index (χ4v) is 3.04. The van der Waals surface area contributed by atoms with Crippen molar-refractivity contribution in [3.8, 4) is 0 Å². The molecule has 0 bridgehead atoms. The lowest BCUT2D eigenvalue weighted by Gasteiger charge is -2.21. The van der Waals surface area contributed by atoms with Crippen LogP contribution in [0.25, 0.3) is 0 Å². The molecule has 1 aromatic carbocycles. The molecule has 0 radical (unpaired) electrons. The fraction of sp³-hybridized carbons (Fsp3) is 0.467. The van der Waals surface area contributed by atoms with Gasteiger partial charge in [-0.25, -0.2) is 0 Å². The number of thiocarbonyl (C=S) groups is 1. The molecule has 1 aliphatic carbocycles. The number of nitrogens with one attached hydrogen (secondary N) is 1.